The Kier molecular flexibility index (Phi) is 8.95. The SMILES string of the molecule is COc1cccc([SH](c2cccc(OC)c2)c2cccc(OCc3c(C(=O)O)cc(C(F)(F)F)cc3C(F)(F)F)c2)c1. The third-order valence-corrected chi connectivity index (χ3v) is 8.58. The van der Waals surface area contributed by atoms with E-state index in [1.165, 1.54) is 20.3 Å². The van der Waals surface area contributed by atoms with Gasteiger partial charge in [0.25, 0.3) is 0 Å². The minimum atomic E-state index is -5.26. The van der Waals surface area contributed by atoms with Gasteiger partial charge in [0.15, 0.2) is 0 Å². The summed E-state index contributed by atoms with van der Waals surface area (Å²) in [5, 5.41) is 9.49. The molecule has 0 atom stereocenters. The number of hydrogen-bond acceptors (Lipinski definition) is 4. The van der Waals surface area contributed by atoms with Crippen molar-refractivity contribution in [2.45, 2.75) is 33.6 Å². The Morgan fingerprint density at radius 2 is 1.19 bits per heavy atom. The van der Waals surface area contributed by atoms with Gasteiger partial charge in [-0.05, 0) is 81.4 Å². The molecule has 12 heteroatoms. The van der Waals surface area contributed by atoms with Gasteiger partial charge in [-0.3, -0.25) is 0 Å². The van der Waals surface area contributed by atoms with Crippen molar-refractivity contribution in [1.82, 2.24) is 0 Å². The summed E-state index contributed by atoms with van der Waals surface area (Å²) in [6.07, 6.45) is -10.5. The molecule has 222 valence electrons. The lowest BCUT2D eigenvalue weighted by Gasteiger charge is -2.25. The van der Waals surface area contributed by atoms with Crippen molar-refractivity contribution < 1.29 is 50.5 Å². The molecule has 0 aliphatic rings. The van der Waals surface area contributed by atoms with Gasteiger partial charge < -0.3 is 19.3 Å². The van der Waals surface area contributed by atoms with E-state index in [1.54, 1.807) is 30.3 Å². The van der Waals surface area contributed by atoms with E-state index in [9.17, 15) is 36.2 Å². The van der Waals surface area contributed by atoms with E-state index in [2.05, 4.69) is 0 Å². The van der Waals surface area contributed by atoms with Crippen molar-refractivity contribution in [2.75, 3.05) is 14.2 Å². The van der Waals surface area contributed by atoms with Crippen LogP contribution in [0.25, 0.3) is 0 Å². The van der Waals surface area contributed by atoms with E-state index in [0.29, 0.717) is 11.5 Å². The average molecular weight is 611 g/mol. The van der Waals surface area contributed by atoms with E-state index in [0.717, 1.165) is 14.7 Å². The summed E-state index contributed by atoms with van der Waals surface area (Å²) in [7, 11) is 1.79. The molecule has 5 nitrogen and oxygen atoms in total. The van der Waals surface area contributed by atoms with Crippen molar-refractivity contribution in [1.29, 1.82) is 0 Å². The molecule has 0 radical (unpaired) electrons. The quantitative estimate of drug-likeness (QED) is 0.147. The van der Waals surface area contributed by atoms with Crippen LogP contribution < -0.4 is 14.2 Å². The number of hydrogen-bond donors (Lipinski definition) is 2. The Morgan fingerprint density at radius 3 is 1.62 bits per heavy atom. The second-order valence-electron chi connectivity index (χ2n) is 8.87. The maximum Gasteiger partial charge on any atom is 0.416 e. The topological polar surface area (TPSA) is 65.0 Å². The van der Waals surface area contributed by atoms with E-state index in [1.807, 2.05) is 36.4 Å². The Balaban J connectivity index is 1.77. The van der Waals surface area contributed by atoms with Crippen LogP contribution in [0.15, 0.2) is 99.6 Å². The number of methoxy groups -OCH3 is 2. The highest BCUT2D eigenvalue weighted by atomic mass is 32.2. The van der Waals surface area contributed by atoms with Gasteiger partial charge in [-0.1, -0.05) is 18.2 Å². The van der Waals surface area contributed by atoms with Crippen LogP contribution in [0.4, 0.5) is 26.3 Å². The molecule has 1 N–H and O–H groups in total. The summed E-state index contributed by atoms with van der Waals surface area (Å²) in [6, 6.07) is 21.3. The third-order valence-electron chi connectivity index (χ3n) is 6.20. The second kappa shape index (κ2) is 12.3. The third kappa shape index (κ3) is 6.93. The Labute approximate surface area is 239 Å². The molecular formula is C30H24F6O5S. The first-order chi connectivity index (χ1) is 19.8. The summed E-state index contributed by atoms with van der Waals surface area (Å²) in [5.74, 6) is -0.634. The van der Waals surface area contributed by atoms with Gasteiger partial charge in [-0.2, -0.15) is 37.2 Å². The zero-order valence-corrected chi connectivity index (χ0v) is 23.0. The zero-order valence-electron chi connectivity index (χ0n) is 22.1. The fourth-order valence-corrected chi connectivity index (χ4v) is 6.62. The molecule has 0 heterocycles. The minimum Gasteiger partial charge on any atom is -0.497 e. The first-order valence-corrected chi connectivity index (χ1v) is 13.5. The number of alkyl halides is 6. The van der Waals surface area contributed by atoms with Gasteiger partial charge in [-0.25, -0.2) is 4.79 Å². The van der Waals surface area contributed by atoms with Crippen LogP contribution in [0.1, 0.15) is 27.0 Å². The lowest BCUT2D eigenvalue weighted by molar-refractivity contribution is -0.143. The summed E-state index contributed by atoms with van der Waals surface area (Å²) in [6.45, 7) is -0.936. The van der Waals surface area contributed by atoms with Crippen LogP contribution in [0, 0.1) is 0 Å². The van der Waals surface area contributed by atoms with Crippen molar-refractivity contribution in [2.24, 2.45) is 0 Å². The molecule has 0 amide bonds. The van der Waals surface area contributed by atoms with E-state index < -0.39 is 58.1 Å². The van der Waals surface area contributed by atoms with Crippen LogP contribution in [0.5, 0.6) is 17.2 Å². The molecule has 4 aromatic rings. The standard InChI is InChI=1S/C30H24F6O5S/c1-39-19-6-3-9-22(14-19)42(23-10-4-7-20(15-23)40-2)24-11-5-8-21(16-24)41-17-26-25(28(37)38)12-18(29(31,32)33)13-27(26)30(34,35)36/h3-16,42H,17H2,1-2H3,(H,37,38). The van der Waals surface area contributed by atoms with Crippen LogP contribution in [-0.4, -0.2) is 25.3 Å². The lowest BCUT2D eigenvalue weighted by atomic mass is 9.97. The molecule has 42 heavy (non-hydrogen) atoms. The number of rotatable bonds is 9. The first-order valence-electron chi connectivity index (χ1n) is 12.2. The van der Waals surface area contributed by atoms with Gasteiger partial charge >= 0.3 is 18.3 Å². The fourth-order valence-electron chi connectivity index (χ4n) is 4.25. The number of ether oxygens (including phenoxy) is 3. The van der Waals surface area contributed by atoms with E-state index in [-0.39, 0.29) is 17.9 Å². The predicted molar refractivity (Wildman–Crippen MR) is 144 cm³/mol. The number of carboxylic acids is 1. The van der Waals surface area contributed by atoms with Crippen molar-refractivity contribution in [3.63, 3.8) is 0 Å². The molecular weight excluding hydrogens is 586 g/mol. The van der Waals surface area contributed by atoms with E-state index in [4.69, 9.17) is 14.2 Å². The molecule has 0 bridgehead atoms. The molecule has 0 saturated carbocycles. The molecule has 0 aliphatic heterocycles. The highest BCUT2D eigenvalue weighted by Gasteiger charge is 2.40. The van der Waals surface area contributed by atoms with Gasteiger partial charge in [0, 0.05) is 5.56 Å². The molecule has 4 aromatic carbocycles. The maximum atomic E-state index is 13.8. The molecule has 0 fully saturated rings. The van der Waals surface area contributed by atoms with Crippen molar-refractivity contribution in [3.05, 3.63) is 107 Å². The summed E-state index contributed by atoms with van der Waals surface area (Å²) in [4.78, 5) is 14.2. The lowest BCUT2D eigenvalue weighted by Crippen LogP contribution is -2.19. The van der Waals surface area contributed by atoms with Gasteiger partial charge in [0.05, 0.1) is 30.9 Å². The largest absolute Gasteiger partial charge is 0.497 e. The highest BCUT2D eigenvalue weighted by Crippen LogP contribution is 2.53. The number of carbonyl (C=O) groups is 1. The fraction of sp³-hybridized carbons (Fsp3) is 0.167. The molecule has 0 spiro atoms. The van der Waals surface area contributed by atoms with Gasteiger partial charge in [-0.15, -0.1) is 0 Å². The Hall–Kier alpha value is -4.32. The van der Waals surface area contributed by atoms with Crippen LogP contribution in [0.3, 0.4) is 0 Å². The predicted octanol–water partition coefficient (Wildman–Crippen LogP) is 8.50. The molecule has 0 aromatic heterocycles. The number of aromatic carboxylic acids is 1. The monoisotopic (exact) mass is 610 g/mol. The van der Waals surface area contributed by atoms with Crippen LogP contribution >= 0.6 is 10.9 Å². The summed E-state index contributed by atoms with van der Waals surface area (Å²) in [5.41, 5.74) is -5.53. The zero-order chi connectivity index (χ0) is 30.7. The normalized spacial score (nSPS) is 12.0. The smallest absolute Gasteiger partial charge is 0.416 e. The molecule has 0 saturated heterocycles. The number of thiol groups is 1. The van der Waals surface area contributed by atoms with Crippen molar-refractivity contribution >= 4 is 16.9 Å². The summed E-state index contributed by atoms with van der Waals surface area (Å²) < 4.78 is 97.7. The summed E-state index contributed by atoms with van der Waals surface area (Å²) >= 11 is 0. The first kappa shape index (κ1) is 30.6. The average Bonchev–Trinajstić information content (AvgIpc) is 2.95. The molecule has 4 rings (SSSR count). The second-order valence-corrected chi connectivity index (χ2v) is 11.1. The highest BCUT2D eigenvalue weighted by molar-refractivity contribution is 8.17. The van der Waals surface area contributed by atoms with Gasteiger partial charge in [0.1, 0.15) is 23.9 Å². The van der Waals surface area contributed by atoms with Gasteiger partial charge in [0.2, 0.25) is 0 Å². The Morgan fingerprint density at radius 1 is 0.714 bits per heavy atom. The van der Waals surface area contributed by atoms with Crippen LogP contribution in [-0.2, 0) is 19.0 Å². The number of benzene rings is 4. The number of halogens is 6. The maximum absolute atomic E-state index is 13.8. The van der Waals surface area contributed by atoms with E-state index >= 15 is 0 Å². The minimum absolute atomic E-state index is 0.0927. The molecule has 0 unspecified atom stereocenters. The van der Waals surface area contributed by atoms with Crippen LogP contribution in [0.2, 0.25) is 0 Å². The number of carboxylic acid groups (broad SMARTS) is 1. The molecule has 0 aliphatic carbocycles. The Bertz CT molecular complexity index is 1540. The van der Waals surface area contributed by atoms with Crippen molar-refractivity contribution in [3.8, 4) is 17.2 Å².